The molecule has 0 aliphatic rings. The van der Waals surface area contributed by atoms with Crippen LogP contribution < -0.4 is 5.73 Å². The molecule has 0 radical (unpaired) electrons. The highest BCUT2D eigenvalue weighted by Gasteiger charge is 2.16. The highest BCUT2D eigenvalue weighted by molar-refractivity contribution is 7.36. The van der Waals surface area contributed by atoms with E-state index in [1.807, 2.05) is 0 Å². The average Bonchev–Trinajstić information content (AvgIpc) is 2.30. The van der Waals surface area contributed by atoms with Crippen LogP contribution in [0.15, 0.2) is 0 Å². The third-order valence-electron chi connectivity index (χ3n) is 2.83. The Bertz CT molecular complexity index is 165. The second-order valence-corrected chi connectivity index (χ2v) is 6.34. The van der Waals surface area contributed by atoms with Crippen LogP contribution in [-0.4, -0.2) is 45.8 Å². The molecule has 0 aromatic carbocycles. The van der Waals surface area contributed by atoms with Crippen molar-refractivity contribution in [2.45, 2.75) is 33.1 Å². The molecule has 1 unspecified atom stereocenters. The molecule has 1 atom stereocenters. The summed E-state index contributed by atoms with van der Waals surface area (Å²) in [4.78, 5) is 0. The van der Waals surface area contributed by atoms with Crippen LogP contribution in [0, 0.1) is 5.41 Å². The molecular formula is C13H30NO2P. The zero-order chi connectivity index (χ0) is 13.0. The SMILES string of the molecule is CPCCC(C)(C)CCCOCCOCCN. The van der Waals surface area contributed by atoms with Crippen molar-refractivity contribution in [1.29, 1.82) is 0 Å². The average molecular weight is 263 g/mol. The van der Waals surface area contributed by atoms with Crippen molar-refractivity contribution >= 4 is 8.58 Å². The summed E-state index contributed by atoms with van der Waals surface area (Å²) in [5.41, 5.74) is 5.79. The van der Waals surface area contributed by atoms with E-state index in [2.05, 4.69) is 20.5 Å². The second kappa shape index (κ2) is 11.4. The van der Waals surface area contributed by atoms with E-state index in [0.29, 0.717) is 31.8 Å². The van der Waals surface area contributed by atoms with Gasteiger partial charge in [-0.2, -0.15) is 0 Å². The Labute approximate surface area is 109 Å². The molecule has 2 N–H and O–H groups in total. The first-order valence-electron chi connectivity index (χ1n) is 6.62. The first-order chi connectivity index (χ1) is 8.12. The topological polar surface area (TPSA) is 44.5 Å². The lowest BCUT2D eigenvalue weighted by Crippen LogP contribution is -2.15. The van der Waals surface area contributed by atoms with Crippen molar-refractivity contribution in [2.75, 3.05) is 45.8 Å². The smallest absolute Gasteiger partial charge is 0.0701 e. The first kappa shape index (κ1) is 17.3. The van der Waals surface area contributed by atoms with Crippen LogP contribution in [0.5, 0.6) is 0 Å². The first-order valence-corrected chi connectivity index (χ1v) is 8.33. The lowest BCUT2D eigenvalue weighted by atomic mass is 9.85. The number of hydrogen-bond acceptors (Lipinski definition) is 3. The maximum atomic E-state index is 5.52. The van der Waals surface area contributed by atoms with Gasteiger partial charge in [-0.05, 0) is 37.5 Å². The van der Waals surface area contributed by atoms with Gasteiger partial charge in [0.05, 0.1) is 19.8 Å². The fraction of sp³-hybridized carbons (Fsp3) is 1.00. The van der Waals surface area contributed by atoms with Gasteiger partial charge in [-0.25, -0.2) is 0 Å². The van der Waals surface area contributed by atoms with Crippen LogP contribution in [0.3, 0.4) is 0 Å². The molecule has 104 valence electrons. The van der Waals surface area contributed by atoms with Crippen LogP contribution >= 0.6 is 8.58 Å². The maximum absolute atomic E-state index is 5.52. The molecule has 4 heteroatoms. The van der Waals surface area contributed by atoms with E-state index >= 15 is 0 Å². The molecule has 0 heterocycles. The van der Waals surface area contributed by atoms with Crippen LogP contribution in [-0.2, 0) is 9.47 Å². The summed E-state index contributed by atoms with van der Waals surface area (Å²) in [7, 11) is 1.08. The molecule has 0 rings (SSSR count). The van der Waals surface area contributed by atoms with E-state index in [1.54, 1.807) is 0 Å². The Morgan fingerprint density at radius 1 is 1.00 bits per heavy atom. The van der Waals surface area contributed by atoms with Gasteiger partial charge in [0.15, 0.2) is 0 Å². The van der Waals surface area contributed by atoms with Crippen LogP contribution in [0.2, 0.25) is 0 Å². The highest BCUT2D eigenvalue weighted by atomic mass is 31.1. The number of hydrogen-bond donors (Lipinski definition) is 1. The Kier molecular flexibility index (Phi) is 11.6. The molecular weight excluding hydrogens is 233 g/mol. The van der Waals surface area contributed by atoms with Gasteiger partial charge in [0.2, 0.25) is 0 Å². The summed E-state index contributed by atoms with van der Waals surface area (Å²) in [6.45, 7) is 10.4. The zero-order valence-corrected chi connectivity index (χ0v) is 12.8. The third kappa shape index (κ3) is 12.6. The predicted octanol–water partition coefficient (Wildman–Crippen LogP) is 2.48. The van der Waals surface area contributed by atoms with Crippen molar-refractivity contribution < 1.29 is 9.47 Å². The van der Waals surface area contributed by atoms with E-state index < -0.39 is 0 Å². The lowest BCUT2D eigenvalue weighted by Gasteiger charge is -2.24. The van der Waals surface area contributed by atoms with Gasteiger partial charge >= 0.3 is 0 Å². The molecule has 0 fully saturated rings. The van der Waals surface area contributed by atoms with Crippen molar-refractivity contribution in [3.05, 3.63) is 0 Å². The summed E-state index contributed by atoms with van der Waals surface area (Å²) in [5, 5.41) is 0. The van der Waals surface area contributed by atoms with Crippen molar-refractivity contribution in [2.24, 2.45) is 11.1 Å². The molecule has 0 bridgehead atoms. The monoisotopic (exact) mass is 263 g/mol. The van der Waals surface area contributed by atoms with E-state index in [9.17, 15) is 0 Å². The summed E-state index contributed by atoms with van der Waals surface area (Å²) >= 11 is 0. The molecule has 0 spiro atoms. The summed E-state index contributed by atoms with van der Waals surface area (Å²) in [6, 6.07) is 0. The minimum atomic E-state index is 0.475. The van der Waals surface area contributed by atoms with Crippen molar-refractivity contribution in [1.82, 2.24) is 0 Å². The molecule has 0 aromatic heterocycles. The normalized spacial score (nSPS) is 12.7. The van der Waals surface area contributed by atoms with Gasteiger partial charge < -0.3 is 15.2 Å². The third-order valence-corrected chi connectivity index (χ3v) is 3.58. The van der Waals surface area contributed by atoms with Crippen LogP contribution in [0.1, 0.15) is 33.1 Å². The molecule has 17 heavy (non-hydrogen) atoms. The Hall–Kier alpha value is 0.310. The van der Waals surface area contributed by atoms with E-state index in [1.165, 1.54) is 19.0 Å². The molecule has 0 saturated heterocycles. The minimum absolute atomic E-state index is 0.475. The second-order valence-electron chi connectivity index (χ2n) is 5.13. The van der Waals surface area contributed by atoms with Crippen molar-refractivity contribution in [3.63, 3.8) is 0 Å². The van der Waals surface area contributed by atoms with E-state index in [-0.39, 0.29) is 0 Å². The summed E-state index contributed by atoms with van der Waals surface area (Å²) in [6.07, 6.45) is 5.10. The van der Waals surface area contributed by atoms with Gasteiger partial charge in [0.25, 0.3) is 0 Å². The fourth-order valence-electron chi connectivity index (χ4n) is 1.65. The number of nitrogens with two attached hydrogens (primary N) is 1. The minimum Gasteiger partial charge on any atom is -0.379 e. The number of ether oxygens (including phenoxy) is 2. The Balaban J connectivity index is 3.26. The molecule has 3 nitrogen and oxygen atoms in total. The molecule has 0 aliphatic carbocycles. The lowest BCUT2D eigenvalue weighted by molar-refractivity contribution is 0.0465. The molecule has 0 aliphatic heterocycles. The largest absolute Gasteiger partial charge is 0.379 e. The predicted molar refractivity (Wildman–Crippen MR) is 77.4 cm³/mol. The van der Waals surface area contributed by atoms with E-state index in [4.69, 9.17) is 15.2 Å². The standard InChI is InChI=1S/C13H30NO2P/c1-13(2,6-12-17-3)5-4-8-15-10-11-16-9-7-14/h17H,4-12,14H2,1-3H3. The molecule has 0 aromatic rings. The maximum Gasteiger partial charge on any atom is 0.0701 e. The van der Waals surface area contributed by atoms with Gasteiger partial charge in [0, 0.05) is 13.2 Å². The Morgan fingerprint density at radius 2 is 1.65 bits per heavy atom. The number of rotatable bonds is 12. The van der Waals surface area contributed by atoms with Gasteiger partial charge in [0.1, 0.15) is 0 Å². The van der Waals surface area contributed by atoms with Gasteiger partial charge in [-0.1, -0.05) is 13.8 Å². The zero-order valence-electron chi connectivity index (χ0n) is 11.8. The van der Waals surface area contributed by atoms with Crippen molar-refractivity contribution in [3.8, 4) is 0 Å². The fourth-order valence-corrected chi connectivity index (χ4v) is 2.57. The summed E-state index contributed by atoms with van der Waals surface area (Å²) < 4.78 is 10.8. The quantitative estimate of drug-likeness (QED) is 0.434. The van der Waals surface area contributed by atoms with E-state index in [0.717, 1.165) is 21.6 Å². The molecule has 0 amide bonds. The highest BCUT2D eigenvalue weighted by Crippen LogP contribution is 2.28. The summed E-state index contributed by atoms with van der Waals surface area (Å²) in [5.74, 6) is 0. The van der Waals surface area contributed by atoms with Crippen LogP contribution in [0.4, 0.5) is 0 Å². The van der Waals surface area contributed by atoms with Crippen LogP contribution in [0.25, 0.3) is 0 Å². The molecule has 0 saturated carbocycles. The van der Waals surface area contributed by atoms with Gasteiger partial charge in [-0.3, -0.25) is 0 Å². The van der Waals surface area contributed by atoms with Gasteiger partial charge in [-0.15, -0.1) is 8.58 Å². The Morgan fingerprint density at radius 3 is 2.24 bits per heavy atom.